The topological polar surface area (TPSA) is 12.0 Å². The number of rotatable bonds is 1. The Kier molecular flexibility index (Phi) is 4.41. The maximum atomic E-state index is 13.6. The summed E-state index contributed by atoms with van der Waals surface area (Å²) in [7, 11) is 0. The van der Waals surface area contributed by atoms with Gasteiger partial charge in [0, 0.05) is 5.92 Å². The van der Waals surface area contributed by atoms with Crippen molar-refractivity contribution >= 4 is 40.5 Å². The Labute approximate surface area is 163 Å². The Balaban J connectivity index is 1.91. The zero-order valence-electron chi connectivity index (χ0n) is 13.2. The van der Waals surface area contributed by atoms with Crippen molar-refractivity contribution in [2.45, 2.75) is 24.6 Å². The molecule has 0 spiro atoms. The first-order valence-electron chi connectivity index (χ1n) is 8.05. The van der Waals surface area contributed by atoms with Gasteiger partial charge in [0.15, 0.2) is 0 Å². The van der Waals surface area contributed by atoms with E-state index < -0.39 is 11.7 Å². The van der Waals surface area contributed by atoms with Gasteiger partial charge in [-0.2, -0.15) is 13.2 Å². The molecule has 136 valence electrons. The van der Waals surface area contributed by atoms with E-state index >= 15 is 0 Å². The van der Waals surface area contributed by atoms with Gasteiger partial charge >= 0.3 is 6.18 Å². The largest absolute Gasteiger partial charge is 0.416 e. The van der Waals surface area contributed by atoms with Crippen molar-refractivity contribution in [2.75, 3.05) is 5.32 Å². The number of hydrogen-bond acceptors (Lipinski definition) is 1. The van der Waals surface area contributed by atoms with Crippen LogP contribution in [0.3, 0.4) is 0 Å². The monoisotopic (exact) mass is 417 g/mol. The van der Waals surface area contributed by atoms with E-state index in [1.54, 1.807) is 12.1 Å². The quantitative estimate of drug-likeness (QED) is 0.473. The average molecular weight is 419 g/mol. The van der Waals surface area contributed by atoms with Crippen molar-refractivity contribution < 1.29 is 13.2 Å². The molecule has 1 heterocycles. The smallest absolute Gasteiger partial charge is 0.376 e. The van der Waals surface area contributed by atoms with Gasteiger partial charge in [-0.15, -0.1) is 0 Å². The maximum absolute atomic E-state index is 13.6. The fraction of sp³-hybridized carbons (Fsp3) is 0.263. The first-order chi connectivity index (χ1) is 12.3. The minimum absolute atomic E-state index is 0.0990. The van der Waals surface area contributed by atoms with Crippen LogP contribution in [0.25, 0.3) is 0 Å². The van der Waals surface area contributed by atoms with Gasteiger partial charge < -0.3 is 5.32 Å². The summed E-state index contributed by atoms with van der Waals surface area (Å²) in [4.78, 5) is 0. The van der Waals surface area contributed by atoms with E-state index in [9.17, 15) is 13.2 Å². The van der Waals surface area contributed by atoms with Crippen LogP contribution >= 0.6 is 34.8 Å². The molecule has 0 radical (unpaired) electrons. The summed E-state index contributed by atoms with van der Waals surface area (Å²) in [5.74, 6) is -0.486. The molecule has 1 aliphatic carbocycles. The van der Waals surface area contributed by atoms with E-state index in [2.05, 4.69) is 5.32 Å². The van der Waals surface area contributed by atoms with Crippen LogP contribution in [0.4, 0.5) is 18.9 Å². The Hall–Kier alpha value is -1.36. The fourth-order valence-corrected chi connectivity index (χ4v) is 4.63. The van der Waals surface area contributed by atoms with Gasteiger partial charge in [0.1, 0.15) is 0 Å². The number of benzene rings is 2. The molecule has 0 amide bonds. The highest BCUT2D eigenvalue weighted by Crippen LogP contribution is 2.55. The molecule has 0 aromatic heterocycles. The molecule has 0 saturated heterocycles. The molecule has 0 saturated carbocycles. The molecule has 0 bridgehead atoms. The summed E-state index contributed by atoms with van der Waals surface area (Å²) >= 11 is 18.8. The Morgan fingerprint density at radius 2 is 1.77 bits per heavy atom. The van der Waals surface area contributed by atoms with Crippen LogP contribution in [0.15, 0.2) is 42.5 Å². The molecule has 3 atom stereocenters. The van der Waals surface area contributed by atoms with Crippen molar-refractivity contribution in [3.63, 3.8) is 0 Å². The third-order valence-electron chi connectivity index (χ3n) is 5.09. The summed E-state index contributed by atoms with van der Waals surface area (Å²) in [5.41, 5.74) is 0.632. The molecule has 1 nitrogen and oxygen atoms in total. The van der Waals surface area contributed by atoms with Crippen LogP contribution in [0.5, 0.6) is 0 Å². The third kappa shape index (κ3) is 2.79. The first kappa shape index (κ1) is 18.0. The molecular weight excluding hydrogens is 406 g/mol. The number of allylic oxidation sites excluding steroid dienone is 2. The first-order valence-corrected chi connectivity index (χ1v) is 9.19. The average Bonchev–Trinajstić information content (AvgIpc) is 3.06. The molecular formula is C19H13Cl3F3N. The van der Waals surface area contributed by atoms with Crippen LogP contribution in [0, 0.1) is 5.92 Å². The number of halogens is 6. The van der Waals surface area contributed by atoms with Crippen LogP contribution in [0.2, 0.25) is 15.1 Å². The zero-order chi connectivity index (χ0) is 18.6. The van der Waals surface area contributed by atoms with Gasteiger partial charge in [0.05, 0.1) is 32.4 Å². The summed E-state index contributed by atoms with van der Waals surface area (Å²) < 4.78 is 40.7. The molecule has 2 aromatic carbocycles. The van der Waals surface area contributed by atoms with Crippen molar-refractivity contribution in [1.82, 2.24) is 0 Å². The predicted molar refractivity (Wildman–Crippen MR) is 99.3 cm³/mol. The summed E-state index contributed by atoms with van der Waals surface area (Å²) in [5, 5.41) is 4.30. The lowest BCUT2D eigenvalue weighted by Crippen LogP contribution is -2.31. The lowest BCUT2D eigenvalue weighted by Gasteiger charge is -2.39. The summed E-state index contributed by atoms with van der Waals surface area (Å²) in [6, 6.07) is 7.36. The van der Waals surface area contributed by atoms with Crippen LogP contribution in [-0.4, -0.2) is 0 Å². The van der Waals surface area contributed by atoms with Crippen molar-refractivity contribution in [1.29, 1.82) is 0 Å². The molecule has 0 fully saturated rings. The number of fused-ring (bicyclic) bond motifs is 3. The van der Waals surface area contributed by atoms with Gasteiger partial charge in [-0.3, -0.25) is 0 Å². The van der Waals surface area contributed by atoms with E-state index in [4.69, 9.17) is 34.8 Å². The molecule has 1 aliphatic heterocycles. The number of alkyl halides is 3. The normalized spacial score (nSPS) is 24.2. The standard InChI is InChI=1S/C19H13Cl3F3N/c20-13-6-2-5-11(16(13)22)17-10-4-1-3-9(10)15-12(19(23,24)25)7-8-14(21)18(15)26-17/h1-3,5-10,17,26H,4H2/t9-,10-,17-/m1/s1. The summed E-state index contributed by atoms with van der Waals surface area (Å²) in [6.07, 6.45) is -0.0493. The van der Waals surface area contributed by atoms with E-state index in [0.29, 0.717) is 22.2 Å². The molecule has 7 heteroatoms. The lowest BCUT2D eigenvalue weighted by molar-refractivity contribution is -0.138. The Bertz CT molecular complexity index is 908. The van der Waals surface area contributed by atoms with Gasteiger partial charge in [-0.25, -0.2) is 0 Å². The van der Waals surface area contributed by atoms with Crippen LogP contribution < -0.4 is 5.32 Å². The molecule has 4 rings (SSSR count). The van der Waals surface area contributed by atoms with E-state index in [1.165, 1.54) is 6.07 Å². The number of hydrogen-bond donors (Lipinski definition) is 1. The van der Waals surface area contributed by atoms with Crippen molar-refractivity contribution in [2.24, 2.45) is 5.92 Å². The van der Waals surface area contributed by atoms with E-state index in [0.717, 1.165) is 11.6 Å². The number of nitrogens with one attached hydrogen (secondary N) is 1. The highest BCUT2D eigenvalue weighted by atomic mass is 35.5. The van der Waals surface area contributed by atoms with Gasteiger partial charge in [-0.1, -0.05) is 59.1 Å². The second-order valence-corrected chi connectivity index (χ2v) is 7.69. The van der Waals surface area contributed by atoms with E-state index in [-0.39, 0.29) is 28.5 Å². The van der Waals surface area contributed by atoms with Crippen molar-refractivity contribution in [3.05, 3.63) is 74.2 Å². The predicted octanol–water partition coefficient (Wildman–Crippen LogP) is 7.49. The Morgan fingerprint density at radius 1 is 1.00 bits per heavy atom. The minimum atomic E-state index is -4.45. The molecule has 0 unspecified atom stereocenters. The SMILES string of the molecule is FC(F)(F)c1ccc(Cl)c2c1[C@@H]1C=CC[C@H]1[C@H](c1cccc(Cl)c1Cl)N2. The van der Waals surface area contributed by atoms with Gasteiger partial charge in [0.25, 0.3) is 0 Å². The zero-order valence-corrected chi connectivity index (χ0v) is 15.5. The fourth-order valence-electron chi connectivity index (χ4n) is 3.99. The third-order valence-corrected chi connectivity index (χ3v) is 6.24. The lowest BCUT2D eigenvalue weighted by atomic mass is 9.75. The molecule has 2 aliphatic rings. The van der Waals surface area contributed by atoms with Gasteiger partial charge in [-0.05, 0) is 41.7 Å². The molecule has 1 N–H and O–H groups in total. The van der Waals surface area contributed by atoms with E-state index in [1.807, 2.05) is 18.2 Å². The second-order valence-electron chi connectivity index (χ2n) is 6.50. The number of anilines is 1. The van der Waals surface area contributed by atoms with Crippen LogP contribution in [0.1, 0.15) is 35.1 Å². The molecule has 2 aromatic rings. The minimum Gasteiger partial charge on any atom is -0.376 e. The van der Waals surface area contributed by atoms with Gasteiger partial charge in [0.2, 0.25) is 0 Å². The second kappa shape index (κ2) is 6.36. The molecule has 26 heavy (non-hydrogen) atoms. The Morgan fingerprint density at radius 3 is 2.50 bits per heavy atom. The highest BCUT2D eigenvalue weighted by Gasteiger charge is 2.45. The summed E-state index contributed by atoms with van der Waals surface area (Å²) in [6.45, 7) is 0. The maximum Gasteiger partial charge on any atom is 0.416 e. The van der Waals surface area contributed by atoms with Crippen molar-refractivity contribution in [3.8, 4) is 0 Å². The highest BCUT2D eigenvalue weighted by molar-refractivity contribution is 6.42. The van der Waals surface area contributed by atoms with Crippen LogP contribution in [-0.2, 0) is 6.18 Å².